The largest absolute Gasteiger partial charge is 0.304 e. The molecule has 0 bridgehead atoms. The van der Waals surface area contributed by atoms with E-state index < -0.39 is 0 Å². The van der Waals surface area contributed by atoms with Gasteiger partial charge in [-0.15, -0.1) is 5.10 Å². The second-order valence-electron chi connectivity index (χ2n) is 2.70. The van der Waals surface area contributed by atoms with Gasteiger partial charge in [-0.2, -0.15) is 0 Å². The Hall–Kier alpha value is -1.04. The molecule has 1 heterocycles. The number of nitrogens with two attached hydrogens (primary N) is 1. The van der Waals surface area contributed by atoms with Crippen molar-refractivity contribution in [2.24, 2.45) is 5.90 Å². The zero-order valence-electron chi connectivity index (χ0n) is 6.93. The van der Waals surface area contributed by atoms with Crippen LogP contribution >= 0.6 is 11.5 Å². The van der Waals surface area contributed by atoms with Gasteiger partial charge in [0.1, 0.15) is 5.52 Å². The lowest BCUT2D eigenvalue weighted by Gasteiger charge is -1.98. The van der Waals surface area contributed by atoms with Crippen molar-refractivity contribution in [3.05, 3.63) is 23.8 Å². The van der Waals surface area contributed by atoms with Gasteiger partial charge < -0.3 is 4.84 Å². The van der Waals surface area contributed by atoms with Crippen LogP contribution in [0.15, 0.2) is 18.2 Å². The SMILES string of the molecule is NOCCc1ccc2snnc2c1. The summed E-state index contributed by atoms with van der Waals surface area (Å²) < 4.78 is 4.97. The molecule has 2 rings (SSSR count). The number of rotatable bonds is 3. The first-order chi connectivity index (χ1) is 6.40. The standard InChI is InChI=1S/C8H9N3OS/c9-12-4-3-6-1-2-8-7(5-6)10-11-13-8/h1-2,5H,3-4,9H2. The van der Waals surface area contributed by atoms with E-state index in [9.17, 15) is 0 Å². The summed E-state index contributed by atoms with van der Waals surface area (Å²) in [6, 6.07) is 6.07. The predicted molar refractivity (Wildman–Crippen MR) is 51.3 cm³/mol. The van der Waals surface area contributed by atoms with E-state index in [1.54, 1.807) is 0 Å². The lowest BCUT2D eigenvalue weighted by molar-refractivity contribution is 0.141. The summed E-state index contributed by atoms with van der Waals surface area (Å²) in [4.78, 5) is 4.51. The Kier molecular flexibility index (Phi) is 2.49. The molecule has 0 atom stereocenters. The Morgan fingerprint density at radius 1 is 1.46 bits per heavy atom. The molecular formula is C8H9N3OS. The topological polar surface area (TPSA) is 61.0 Å². The molecule has 0 spiro atoms. The van der Waals surface area contributed by atoms with E-state index in [-0.39, 0.29) is 0 Å². The number of hydrogen-bond donors (Lipinski definition) is 1. The van der Waals surface area contributed by atoms with Crippen LogP contribution in [0.25, 0.3) is 10.2 Å². The molecule has 0 amide bonds. The fourth-order valence-corrected chi connectivity index (χ4v) is 1.70. The molecule has 0 saturated carbocycles. The molecular weight excluding hydrogens is 186 g/mol. The zero-order valence-corrected chi connectivity index (χ0v) is 7.75. The van der Waals surface area contributed by atoms with E-state index in [4.69, 9.17) is 5.90 Å². The average molecular weight is 195 g/mol. The Morgan fingerprint density at radius 2 is 2.38 bits per heavy atom. The third-order valence-electron chi connectivity index (χ3n) is 1.82. The fourth-order valence-electron chi connectivity index (χ4n) is 1.16. The Bertz CT molecular complexity index is 401. The molecule has 0 aliphatic heterocycles. The number of hydrogen-bond acceptors (Lipinski definition) is 5. The van der Waals surface area contributed by atoms with E-state index in [1.807, 2.05) is 18.2 Å². The molecule has 0 aliphatic rings. The third-order valence-corrected chi connectivity index (χ3v) is 2.52. The van der Waals surface area contributed by atoms with Crippen molar-refractivity contribution in [2.45, 2.75) is 6.42 Å². The number of fused-ring (bicyclic) bond motifs is 1. The highest BCUT2D eigenvalue weighted by atomic mass is 32.1. The molecule has 0 fully saturated rings. The molecule has 0 aliphatic carbocycles. The molecule has 4 nitrogen and oxygen atoms in total. The van der Waals surface area contributed by atoms with Gasteiger partial charge in [0, 0.05) is 0 Å². The molecule has 1 aromatic carbocycles. The summed E-state index contributed by atoms with van der Waals surface area (Å²) in [5.74, 6) is 4.94. The van der Waals surface area contributed by atoms with Crippen molar-refractivity contribution in [1.29, 1.82) is 0 Å². The van der Waals surface area contributed by atoms with Crippen LogP contribution in [0, 0.1) is 0 Å². The first kappa shape index (κ1) is 8.55. The summed E-state index contributed by atoms with van der Waals surface area (Å²) in [6.45, 7) is 0.531. The minimum absolute atomic E-state index is 0.531. The maximum absolute atomic E-state index is 4.94. The van der Waals surface area contributed by atoms with Crippen molar-refractivity contribution in [3.63, 3.8) is 0 Å². The minimum atomic E-state index is 0.531. The van der Waals surface area contributed by atoms with Gasteiger partial charge in [-0.1, -0.05) is 10.6 Å². The molecule has 1 aromatic heterocycles. The van der Waals surface area contributed by atoms with Gasteiger partial charge in [0.25, 0.3) is 0 Å². The second-order valence-corrected chi connectivity index (χ2v) is 3.48. The summed E-state index contributed by atoms with van der Waals surface area (Å²) in [5.41, 5.74) is 2.12. The molecule has 5 heteroatoms. The van der Waals surface area contributed by atoms with Crippen molar-refractivity contribution < 1.29 is 4.84 Å². The lowest BCUT2D eigenvalue weighted by Crippen LogP contribution is -2.03. The van der Waals surface area contributed by atoms with Crippen LogP contribution < -0.4 is 5.90 Å². The van der Waals surface area contributed by atoms with Gasteiger partial charge in [0.15, 0.2) is 0 Å². The Labute approximate surface area is 79.4 Å². The third kappa shape index (κ3) is 1.82. The number of nitrogens with zero attached hydrogens (tertiary/aromatic N) is 2. The summed E-state index contributed by atoms with van der Waals surface area (Å²) >= 11 is 1.40. The van der Waals surface area contributed by atoms with E-state index in [1.165, 1.54) is 17.1 Å². The predicted octanol–water partition coefficient (Wildman–Crippen LogP) is 1.12. The monoisotopic (exact) mass is 195 g/mol. The minimum Gasteiger partial charge on any atom is -0.304 e. The molecule has 0 radical (unpaired) electrons. The quantitative estimate of drug-likeness (QED) is 0.746. The van der Waals surface area contributed by atoms with Crippen molar-refractivity contribution in [3.8, 4) is 0 Å². The molecule has 2 N–H and O–H groups in total. The smallest absolute Gasteiger partial charge is 0.106 e. The van der Waals surface area contributed by atoms with Crippen LogP contribution in [-0.2, 0) is 11.3 Å². The van der Waals surface area contributed by atoms with Crippen LogP contribution in [0.2, 0.25) is 0 Å². The van der Waals surface area contributed by atoms with Gasteiger partial charge in [0.2, 0.25) is 0 Å². The molecule has 0 unspecified atom stereocenters. The van der Waals surface area contributed by atoms with E-state index in [0.717, 1.165) is 16.6 Å². The van der Waals surface area contributed by atoms with E-state index in [0.29, 0.717) is 6.61 Å². The zero-order chi connectivity index (χ0) is 9.10. The fraction of sp³-hybridized carbons (Fsp3) is 0.250. The van der Waals surface area contributed by atoms with E-state index in [2.05, 4.69) is 14.4 Å². The maximum atomic E-state index is 4.94. The molecule has 0 saturated heterocycles. The normalized spacial score (nSPS) is 10.8. The van der Waals surface area contributed by atoms with Gasteiger partial charge in [-0.05, 0) is 35.6 Å². The average Bonchev–Trinajstić information content (AvgIpc) is 2.61. The summed E-state index contributed by atoms with van der Waals surface area (Å²) in [5, 5.41) is 3.98. The van der Waals surface area contributed by atoms with Crippen LogP contribution in [0.1, 0.15) is 5.56 Å². The maximum Gasteiger partial charge on any atom is 0.106 e. The van der Waals surface area contributed by atoms with E-state index >= 15 is 0 Å². The molecule has 13 heavy (non-hydrogen) atoms. The van der Waals surface area contributed by atoms with Gasteiger partial charge in [-0.3, -0.25) is 0 Å². The highest BCUT2D eigenvalue weighted by Crippen LogP contribution is 2.16. The van der Waals surface area contributed by atoms with Crippen LogP contribution in [0.4, 0.5) is 0 Å². The highest BCUT2D eigenvalue weighted by molar-refractivity contribution is 7.12. The number of aromatic nitrogens is 2. The van der Waals surface area contributed by atoms with Gasteiger partial charge in [0.05, 0.1) is 11.3 Å². The first-order valence-electron chi connectivity index (χ1n) is 3.93. The summed E-state index contributed by atoms with van der Waals surface area (Å²) in [6.07, 6.45) is 0.809. The first-order valence-corrected chi connectivity index (χ1v) is 4.70. The van der Waals surface area contributed by atoms with Gasteiger partial charge in [-0.25, -0.2) is 5.90 Å². The highest BCUT2D eigenvalue weighted by Gasteiger charge is 1.99. The Balaban J connectivity index is 2.26. The second kappa shape index (κ2) is 3.78. The van der Waals surface area contributed by atoms with Gasteiger partial charge >= 0.3 is 0 Å². The van der Waals surface area contributed by atoms with Crippen LogP contribution in [0.3, 0.4) is 0 Å². The summed E-state index contributed by atoms with van der Waals surface area (Å²) in [7, 11) is 0. The Morgan fingerprint density at radius 3 is 3.23 bits per heavy atom. The molecule has 2 aromatic rings. The molecule has 68 valence electrons. The van der Waals surface area contributed by atoms with Crippen LogP contribution in [-0.4, -0.2) is 16.2 Å². The van der Waals surface area contributed by atoms with Crippen molar-refractivity contribution >= 4 is 21.7 Å². The van der Waals surface area contributed by atoms with Crippen LogP contribution in [0.5, 0.6) is 0 Å². The lowest BCUT2D eigenvalue weighted by atomic mass is 10.1. The van der Waals surface area contributed by atoms with Crippen molar-refractivity contribution in [1.82, 2.24) is 9.59 Å². The number of benzene rings is 1. The van der Waals surface area contributed by atoms with Crippen molar-refractivity contribution in [2.75, 3.05) is 6.61 Å².